The number of fused-ring (bicyclic) bond motifs is 7. The number of aromatic nitrogens is 1. The molecule has 2 bridgehead atoms. The monoisotopic (exact) mass is 374 g/mol. The Bertz CT molecular complexity index is 1100. The molecule has 3 aromatic rings. The van der Waals surface area contributed by atoms with E-state index >= 15 is 0 Å². The van der Waals surface area contributed by atoms with Gasteiger partial charge in [0.25, 0.3) is 0 Å². The van der Waals surface area contributed by atoms with Gasteiger partial charge in [-0.3, -0.25) is 10.1 Å². The van der Waals surface area contributed by atoms with E-state index in [1.54, 1.807) is 0 Å². The Labute approximate surface area is 151 Å². The van der Waals surface area contributed by atoms with Crippen molar-refractivity contribution in [2.45, 2.75) is 37.3 Å². The highest BCUT2D eigenvalue weighted by molar-refractivity contribution is 5.89. The summed E-state index contributed by atoms with van der Waals surface area (Å²) in [5, 5.41) is 11.5. The van der Waals surface area contributed by atoms with Crippen LogP contribution in [-0.2, 0) is 6.18 Å². The molecule has 0 saturated heterocycles. The standard InChI is InChI=1S/C19H13F3N2O3/c20-19(21,22)11-3-4-13-12(8-11)16-9-1-2-10(7-9)17(16)18(23-13)14-5-6-15(27-14)24(25)26/h3-6,8-10H,1-2,7H2. The molecule has 2 atom stereocenters. The summed E-state index contributed by atoms with van der Waals surface area (Å²) in [5.74, 6) is 0.307. The van der Waals surface area contributed by atoms with E-state index < -0.39 is 16.7 Å². The molecule has 0 aliphatic heterocycles. The first-order chi connectivity index (χ1) is 12.8. The van der Waals surface area contributed by atoms with Crippen LogP contribution in [0.15, 0.2) is 34.7 Å². The molecule has 8 heteroatoms. The highest BCUT2D eigenvalue weighted by Crippen LogP contribution is 2.57. The van der Waals surface area contributed by atoms with E-state index in [-0.39, 0.29) is 23.5 Å². The Morgan fingerprint density at radius 3 is 2.52 bits per heavy atom. The summed E-state index contributed by atoms with van der Waals surface area (Å²) < 4.78 is 44.9. The summed E-state index contributed by atoms with van der Waals surface area (Å²) in [6, 6.07) is 6.33. The third-order valence-electron chi connectivity index (χ3n) is 5.65. The van der Waals surface area contributed by atoms with E-state index in [2.05, 4.69) is 4.98 Å². The Hall–Kier alpha value is -2.90. The van der Waals surface area contributed by atoms with Crippen LogP contribution < -0.4 is 0 Å². The molecular weight excluding hydrogens is 361 g/mol. The van der Waals surface area contributed by atoms with Gasteiger partial charge in [-0.1, -0.05) is 0 Å². The molecular formula is C19H13F3N2O3. The molecule has 0 radical (unpaired) electrons. The van der Waals surface area contributed by atoms with Crippen LogP contribution in [0.2, 0.25) is 0 Å². The number of alkyl halides is 3. The van der Waals surface area contributed by atoms with E-state index in [1.165, 1.54) is 24.3 Å². The first kappa shape index (κ1) is 16.3. The Morgan fingerprint density at radius 2 is 1.85 bits per heavy atom. The average molecular weight is 374 g/mol. The van der Waals surface area contributed by atoms with Crippen molar-refractivity contribution in [2.75, 3.05) is 0 Å². The zero-order valence-corrected chi connectivity index (χ0v) is 13.9. The summed E-state index contributed by atoms with van der Waals surface area (Å²) in [4.78, 5) is 14.9. The maximum absolute atomic E-state index is 13.2. The van der Waals surface area contributed by atoms with Crippen LogP contribution >= 0.6 is 0 Å². The third kappa shape index (κ3) is 2.35. The molecule has 5 rings (SSSR count). The molecule has 27 heavy (non-hydrogen) atoms. The minimum atomic E-state index is -4.42. The fraction of sp³-hybridized carbons (Fsp3) is 0.316. The van der Waals surface area contributed by atoms with Crippen LogP contribution in [0.4, 0.5) is 19.1 Å². The summed E-state index contributed by atoms with van der Waals surface area (Å²) >= 11 is 0. The SMILES string of the molecule is O=[N+]([O-])c1ccc(-c2nc3ccc(C(F)(F)F)cc3c3c2C2CCC3C2)o1. The second-order valence-electron chi connectivity index (χ2n) is 7.12. The predicted octanol–water partition coefficient (Wildman–Crippen LogP) is 5.79. The van der Waals surface area contributed by atoms with Crippen molar-refractivity contribution in [1.82, 2.24) is 4.98 Å². The van der Waals surface area contributed by atoms with Crippen LogP contribution in [-0.4, -0.2) is 9.91 Å². The van der Waals surface area contributed by atoms with E-state index in [4.69, 9.17) is 4.42 Å². The van der Waals surface area contributed by atoms with Gasteiger partial charge in [0.15, 0.2) is 5.76 Å². The van der Waals surface area contributed by atoms with Crippen molar-refractivity contribution < 1.29 is 22.5 Å². The van der Waals surface area contributed by atoms with Crippen LogP contribution in [0.1, 0.15) is 47.8 Å². The Kier molecular flexibility index (Phi) is 3.20. The molecule has 5 nitrogen and oxygen atoms in total. The van der Waals surface area contributed by atoms with Gasteiger partial charge < -0.3 is 4.42 Å². The molecule has 2 aliphatic carbocycles. The molecule has 1 aromatic carbocycles. The van der Waals surface area contributed by atoms with Crippen molar-refractivity contribution in [1.29, 1.82) is 0 Å². The maximum atomic E-state index is 13.2. The van der Waals surface area contributed by atoms with Gasteiger partial charge in [-0.05, 0) is 66.5 Å². The maximum Gasteiger partial charge on any atom is 0.433 e. The van der Waals surface area contributed by atoms with Crippen molar-refractivity contribution in [3.63, 3.8) is 0 Å². The molecule has 2 unspecified atom stereocenters. The smallest absolute Gasteiger partial charge is 0.399 e. The van der Waals surface area contributed by atoms with E-state index in [0.717, 1.165) is 36.5 Å². The molecule has 0 N–H and O–H groups in total. The minimum Gasteiger partial charge on any atom is -0.399 e. The van der Waals surface area contributed by atoms with Crippen molar-refractivity contribution in [3.05, 3.63) is 57.1 Å². The second kappa shape index (κ2) is 5.31. The Morgan fingerprint density at radius 1 is 1.11 bits per heavy atom. The molecule has 0 amide bonds. The lowest BCUT2D eigenvalue weighted by Gasteiger charge is -2.20. The zero-order valence-electron chi connectivity index (χ0n) is 13.9. The van der Waals surface area contributed by atoms with Gasteiger partial charge in [0.2, 0.25) is 0 Å². The van der Waals surface area contributed by atoms with Crippen molar-refractivity contribution in [2.24, 2.45) is 0 Å². The molecule has 138 valence electrons. The lowest BCUT2D eigenvalue weighted by molar-refractivity contribution is -0.401. The van der Waals surface area contributed by atoms with Gasteiger partial charge in [0.05, 0.1) is 17.1 Å². The highest BCUT2D eigenvalue weighted by atomic mass is 19.4. The largest absolute Gasteiger partial charge is 0.433 e. The molecule has 0 spiro atoms. The van der Waals surface area contributed by atoms with Crippen LogP contribution in [0.3, 0.4) is 0 Å². The summed E-state index contributed by atoms with van der Waals surface area (Å²) in [6.07, 6.45) is -1.66. The lowest BCUT2D eigenvalue weighted by Crippen LogP contribution is -2.07. The van der Waals surface area contributed by atoms with Crippen molar-refractivity contribution >= 4 is 16.8 Å². The van der Waals surface area contributed by atoms with Crippen LogP contribution in [0, 0.1) is 10.1 Å². The first-order valence-corrected chi connectivity index (χ1v) is 8.62. The van der Waals surface area contributed by atoms with E-state index in [9.17, 15) is 23.3 Å². The third-order valence-corrected chi connectivity index (χ3v) is 5.65. The van der Waals surface area contributed by atoms with Crippen LogP contribution in [0.5, 0.6) is 0 Å². The number of nitrogens with zero attached hydrogens (tertiary/aromatic N) is 2. The topological polar surface area (TPSA) is 69.2 Å². The van der Waals surface area contributed by atoms with Crippen molar-refractivity contribution in [3.8, 4) is 11.5 Å². The van der Waals surface area contributed by atoms with Gasteiger partial charge in [-0.2, -0.15) is 13.2 Å². The number of nitro groups is 1. The number of furan rings is 1. The predicted molar refractivity (Wildman–Crippen MR) is 90.4 cm³/mol. The van der Waals surface area contributed by atoms with Gasteiger partial charge >= 0.3 is 12.1 Å². The minimum absolute atomic E-state index is 0.197. The number of benzene rings is 1. The Balaban J connectivity index is 1.78. The van der Waals surface area contributed by atoms with Crippen LogP contribution in [0.25, 0.3) is 22.4 Å². The number of rotatable bonds is 2. The molecule has 2 aromatic heterocycles. The fourth-order valence-electron chi connectivity index (χ4n) is 4.58. The summed E-state index contributed by atoms with van der Waals surface area (Å²) in [6.45, 7) is 0. The molecule has 1 fully saturated rings. The highest BCUT2D eigenvalue weighted by Gasteiger charge is 2.42. The lowest BCUT2D eigenvalue weighted by atomic mass is 9.87. The fourth-order valence-corrected chi connectivity index (χ4v) is 4.58. The number of pyridine rings is 1. The zero-order chi connectivity index (χ0) is 18.9. The van der Waals surface area contributed by atoms with E-state index in [1.807, 2.05) is 0 Å². The molecule has 1 saturated carbocycles. The summed E-state index contributed by atoms with van der Waals surface area (Å²) in [5.41, 5.74) is 2.06. The van der Waals surface area contributed by atoms with Gasteiger partial charge in [-0.25, -0.2) is 4.98 Å². The number of hydrogen-bond donors (Lipinski definition) is 0. The number of hydrogen-bond acceptors (Lipinski definition) is 4. The number of halogens is 3. The quantitative estimate of drug-likeness (QED) is 0.421. The van der Waals surface area contributed by atoms with Gasteiger partial charge in [0, 0.05) is 5.39 Å². The first-order valence-electron chi connectivity index (χ1n) is 8.62. The second-order valence-corrected chi connectivity index (χ2v) is 7.12. The van der Waals surface area contributed by atoms with Gasteiger partial charge in [-0.15, -0.1) is 0 Å². The summed E-state index contributed by atoms with van der Waals surface area (Å²) in [7, 11) is 0. The average Bonchev–Trinajstić information content (AvgIpc) is 3.35. The molecule has 2 aliphatic rings. The molecule has 2 heterocycles. The normalized spacial score (nSPS) is 21.0. The van der Waals surface area contributed by atoms with E-state index in [0.29, 0.717) is 16.6 Å². The van der Waals surface area contributed by atoms with Gasteiger partial charge in [0.1, 0.15) is 10.6 Å².